The Morgan fingerprint density at radius 1 is 0.377 bits per heavy atom. The predicted octanol–water partition coefficient (Wildman–Crippen LogP) is 8.75. The standard InChI is InChI=1S/C24BF20.C14H15OS/c26-5-1(6(27)14(35)21(42)13(5)34)25(2-7(28)15(36)22(43)16(37)8(2)29,3-9(30)17(38)23(44)18(39)10(3)31)4-11(32)19(40)24(45)20(41)12(4)33;1-16(2)10-14(15)13-9-5-7-11-6-3-4-8-12(11)13/h;3-9H,10H2,1-2H3/q-1;+1. The van der Waals surface area contributed by atoms with Crippen LogP contribution in [-0.2, 0) is 10.9 Å². The zero-order valence-corrected chi connectivity index (χ0v) is 30.5. The minimum atomic E-state index is -7.22. The van der Waals surface area contributed by atoms with E-state index < -0.39 is 144 Å². The van der Waals surface area contributed by atoms with Gasteiger partial charge in [-0.2, -0.15) is 0 Å². The van der Waals surface area contributed by atoms with Gasteiger partial charge in [-0.25, -0.2) is 87.8 Å². The van der Waals surface area contributed by atoms with Gasteiger partial charge >= 0.3 is 0 Å². The van der Waals surface area contributed by atoms with E-state index in [0.29, 0.717) is 5.75 Å². The van der Waals surface area contributed by atoms with Crippen LogP contribution >= 0.6 is 0 Å². The second-order valence-corrected chi connectivity index (χ2v) is 15.1. The zero-order valence-electron chi connectivity index (χ0n) is 29.7. The Bertz CT molecular complexity index is 2410. The van der Waals surface area contributed by atoms with Crippen LogP contribution in [0.15, 0.2) is 42.5 Å². The summed E-state index contributed by atoms with van der Waals surface area (Å²) in [6.07, 6.45) is -3.02. The molecule has 6 rings (SSSR count). The van der Waals surface area contributed by atoms with Crippen LogP contribution < -0.4 is 21.9 Å². The van der Waals surface area contributed by atoms with Crippen LogP contribution in [-0.4, -0.2) is 30.2 Å². The van der Waals surface area contributed by atoms with Crippen molar-refractivity contribution in [2.45, 2.75) is 0 Å². The molecular weight excluding hydrogens is 895 g/mol. The van der Waals surface area contributed by atoms with Gasteiger partial charge in [0.15, 0.2) is 75.6 Å². The summed E-state index contributed by atoms with van der Waals surface area (Å²) in [6, 6.07) is 14.0. The van der Waals surface area contributed by atoms with Gasteiger partial charge < -0.3 is 0 Å². The molecule has 1 nitrogen and oxygen atoms in total. The zero-order chi connectivity index (χ0) is 45.9. The Morgan fingerprint density at radius 2 is 0.623 bits per heavy atom. The molecule has 6 aromatic carbocycles. The lowest BCUT2D eigenvalue weighted by molar-refractivity contribution is 0.102. The van der Waals surface area contributed by atoms with Crippen LogP contribution in [0.3, 0.4) is 0 Å². The number of carbonyl (C=O) groups is 1. The van der Waals surface area contributed by atoms with Gasteiger partial charge in [-0.05, 0) is 21.7 Å². The Hall–Kier alpha value is -5.74. The Kier molecular flexibility index (Phi) is 12.9. The topological polar surface area (TPSA) is 17.1 Å². The summed E-state index contributed by atoms with van der Waals surface area (Å²) in [5, 5.41) is 2.21. The molecule has 0 unspecified atom stereocenters. The van der Waals surface area contributed by atoms with Crippen molar-refractivity contribution in [3.05, 3.63) is 164 Å². The highest BCUT2D eigenvalue weighted by Gasteiger charge is 2.52. The molecule has 0 atom stereocenters. The van der Waals surface area contributed by atoms with E-state index in [4.69, 9.17) is 0 Å². The minimum absolute atomic E-state index is 0.161. The molecule has 6 aromatic rings. The molecule has 322 valence electrons. The van der Waals surface area contributed by atoms with Crippen LogP contribution in [0.2, 0.25) is 0 Å². The molecule has 0 aliphatic carbocycles. The Morgan fingerprint density at radius 3 is 0.902 bits per heavy atom. The fraction of sp³-hybridized carbons (Fsp3) is 0.0789. The first-order valence-electron chi connectivity index (χ1n) is 16.2. The van der Waals surface area contributed by atoms with Crippen molar-refractivity contribution in [2.75, 3.05) is 18.3 Å². The fourth-order valence-corrected chi connectivity index (χ4v) is 7.36. The number of ketones is 1. The molecule has 0 spiro atoms. The number of Topliss-reactive ketones (excluding diaryl/α,β-unsaturated/α-hetero) is 1. The van der Waals surface area contributed by atoms with Crippen LogP contribution in [0, 0.1) is 116 Å². The van der Waals surface area contributed by atoms with Gasteiger partial charge in [-0.1, -0.05) is 42.5 Å². The van der Waals surface area contributed by atoms with E-state index >= 15 is 35.1 Å². The maximum absolute atomic E-state index is 15.4. The molecule has 0 aromatic heterocycles. The highest BCUT2D eigenvalue weighted by atomic mass is 32.2. The van der Waals surface area contributed by atoms with Crippen molar-refractivity contribution in [2.24, 2.45) is 0 Å². The highest BCUT2D eigenvalue weighted by Crippen LogP contribution is 2.31. The lowest BCUT2D eigenvalue weighted by Crippen LogP contribution is -2.81. The Labute approximate surface area is 330 Å². The van der Waals surface area contributed by atoms with Gasteiger partial charge in [0, 0.05) is 5.56 Å². The van der Waals surface area contributed by atoms with Crippen molar-refractivity contribution < 1.29 is 92.6 Å². The van der Waals surface area contributed by atoms with Crippen molar-refractivity contribution in [3.63, 3.8) is 0 Å². The minimum Gasteiger partial charge on any atom is -0.289 e. The number of hydrogen-bond acceptors (Lipinski definition) is 1. The van der Waals surface area contributed by atoms with Gasteiger partial charge in [-0.15, -0.1) is 21.9 Å². The summed E-state index contributed by atoms with van der Waals surface area (Å²) >= 11 is 0. The van der Waals surface area contributed by atoms with Crippen molar-refractivity contribution >= 4 is 55.4 Å². The van der Waals surface area contributed by atoms with Gasteiger partial charge in [0.1, 0.15) is 52.7 Å². The van der Waals surface area contributed by atoms with Crippen molar-refractivity contribution in [1.29, 1.82) is 0 Å². The lowest BCUT2D eigenvalue weighted by atomic mass is 9.12. The number of benzene rings is 6. The maximum atomic E-state index is 15.4. The normalized spacial score (nSPS) is 11.7. The maximum Gasteiger partial charge on any atom is 0.212 e. The summed E-state index contributed by atoms with van der Waals surface area (Å²) in [6.45, 7) is 0. The molecule has 0 N–H and O–H groups in total. The average molecular weight is 910 g/mol. The van der Waals surface area contributed by atoms with Gasteiger partial charge in [0.25, 0.3) is 0 Å². The third-order valence-electron chi connectivity index (χ3n) is 9.22. The van der Waals surface area contributed by atoms with Gasteiger partial charge in [0.2, 0.25) is 5.78 Å². The first-order chi connectivity index (χ1) is 28.4. The summed E-state index contributed by atoms with van der Waals surface area (Å²) < 4.78 is 294. The van der Waals surface area contributed by atoms with E-state index in [1.807, 2.05) is 42.5 Å². The van der Waals surface area contributed by atoms with E-state index in [0.717, 1.165) is 16.3 Å². The summed E-state index contributed by atoms with van der Waals surface area (Å²) in [5.74, 6) is -70.5. The second kappa shape index (κ2) is 17.0. The van der Waals surface area contributed by atoms with Gasteiger partial charge in [-0.3, -0.25) is 4.79 Å². The second-order valence-electron chi connectivity index (χ2n) is 12.9. The molecule has 23 heteroatoms. The predicted molar refractivity (Wildman–Crippen MR) is 182 cm³/mol. The first kappa shape index (κ1) is 46.3. The third kappa shape index (κ3) is 7.22. The summed E-state index contributed by atoms with van der Waals surface area (Å²) in [5.41, 5.74) is -13.5. The SMILES string of the molecule is C[S+](C)CC(=O)c1cccc2ccccc12.Fc1c(F)c(F)c([B-](c2c(F)c(F)c(F)c(F)c2F)(c2c(F)c(F)c(F)c(F)c2F)c2c(F)c(F)c(F)c(F)c2F)c(F)c1F. The molecule has 0 radical (unpaired) electrons. The quantitative estimate of drug-likeness (QED) is 0.0392. The lowest BCUT2D eigenvalue weighted by Gasteiger charge is -2.44. The van der Waals surface area contributed by atoms with E-state index in [9.17, 15) is 57.5 Å². The highest BCUT2D eigenvalue weighted by molar-refractivity contribution is 7.96. The number of carbonyl (C=O) groups excluding carboxylic acids is 1. The molecule has 0 amide bonds. The van der Waals surface area contributed by atoms with Crippen LogP contribution in [0.25, 0.3) is 10.8 Å². The van der Waals surface area contributed by atoms with E-state index in [-0.39, 0.29) is 16.7 Å². The molecular formula is C38H15BF20OS. The van der Waals surface area contributed by atoms with Crippen LogP contribution in [0.4, 0.5) is 87.8 Å². The number of halogens is 20. The van der Waals surface area contributed by atoms with Crippen LogP contribution in [0.1, 0.15) is 10.4 Å². The third-order valence-corrected chi connectivity index (χ3v) is 10.1. The molecule has 0 aliphatic rings. The number of rotatable bonds is 7. The smallest absolute Gasteiger partial charge is 0.212 e. The van der Waals surface area contributed by atoms with Crippen molar-refractivity contribution in [1.82, 2.24) is 0 Å². The van der Waals surface area contributed by atoms with E-state index in [1.54, 1.807) is 0 Å². The molecule has 0 saturated heterocycles. The molecule has 0 heterocycles. The summed E-state index contributed by atoms with van der Waals surface area (Å²) in [7, 11) is 0.161. The largest absolute Gasteiger partial charge is 0.289 e. The monoisotopic (exact) mass is 910 g/mol. The first-order valence-corrected chi connectivity index (χ1v) is 18.4. The van der Waals surface area contributed by atoms with E-state index in [1.165, 1.54) is 0 Å². The van der Waals surface area contributed by atoms with Gasteiger partial charge in [0.05, 0.1) is 12.5 Å². The molecule has 61 heavy (non-hydrogen) atoms. The molecule has 0 fully saturated rings. The molecule has 0 bridgehead atoms. The Balaban J connectivity index is 0.000000366. The molecule has 0 saturated carbocycles. The number of hydrogen-bond donors (Lipinski definition) is 0. The molecule has 0 aliphatic heterocycles. The number of fused-ring (bicyclic) bond motifs is 1. The van der Waals surface area contributed by atoms with Crippen LogP contribution in [0.5, 0.6) is 0 Å². The summed E-state index contributed by atoms with van der Waals surface area (Å²) in [4.78, 5) is 12.1. The fourth-order valence-electron chi connectivity index (χ4n) is 6.68. The van der Waals surface area contributed by atoms with E-state index in [2.05, 4.69) is 12.5 Å². The average Bonchev–Trinajstić information content (AvgIpc) is 3.23. The van der Waals surface area contributed by atoms with Crippen molar-refractivity contribution in [3.8, 4) is 0 Å².